The second-order valence-corrected chi connectivity index (χ2v) is 6.73. The fraction of sp³-hybridized carbons (Fsp3) is 0.800. The Bertz CT molecular complexity index is 365. The molecule has 3 nitrogen and oxygen atoms in total. The van der Waals surface area contributed by atoms with Gasteiger partial charge in [0.2, 0.25) is 0 Å². The number of aromatic nitrogens is 1. The van der Waals surface area contributed by atoms with Crippen LogP contribution in [0.4, 0.5) is 5.13 Å². The lowest BCUT2D eigenvalue weighted by molar-refractivity contribution is 0.521. The maximum atomic E-state index is 4.91. The van der Waals surface area contributed by atoms with E-state index in [4.69, 9.17) is 4.98 Å². The van der Waals surface area contributed by atoms with Crippen molar-refractivity contribution in [3.63, 3.8) is 0 Å². The zero-order chi connectivity index (χ0) is 13.7. The molecule has 0 saturated carbocycles. The molecule has 1 N–H and O–H groups in total. The zero-order valence-corrected chi connectivity index (χ0v) is 13.4. The van der Waals surface area contributed by atoms with E-state index in [-0.39, 0.29) is 0 Å². The van der Waals surface area contributed by atoms with Crippen LogP contribution in [0.25, 0.3) is 0 Å². The Morgan fingerprint density at radius 3 is 2.95 bits per heavy atom. The highest BCUT2D eigenvalue weighted by atomic mass is 32.1. The van der Waals surface area contributed by atoms with Crippen molar-refractivity contribution in [3.8, 4) is 0 Å². The van der Waals surface area contributed by atoms with E-state index >= 15 is 0 Å². The van der Waals surface area contributed by atoms with E-state index in [2.05, 4.69) is 24.1 Å². The molecule has 1 aliphatic heterocycles. The van der Waals surface area contributed by atoms with Crippen LogP contribution in [0.3, 0.4) is 0 Å². The average Bonchev–Trinajstić information content (AvgIpc) is 2.65. The fourth-order valence-corrected chi connectivity index (χ4v) is 3.86. The summed E-state index contributed by atoms with van der Waals surface area (Å²) in [5.41, 5.74) is 1.31. The Morgan fingerprint density at radius 1 is 1.37 bits per heavy atom. The highest BCUT2D eigenvalue weighted by Crippen LogP contribution is 2.29. The summed E-state index contributed by atoms with van der Waals surface area (Å²) < 4.78 is 0. The minimum Gasteiger partial charge on any atom is -0.348 e. The summed E-state index contributed by atoms with van der Waals surface area (Å²) in [6.07, 6.45) is 6.27. The summed E-state index contributed by atoms with van der Waals surface area (Å²) >= 11 is 1.89. The third-order valence-electron chi connectivity index (χ3n) is 3.88. The van der Waals surface area contributed by atoms with Crippen molar-refractivity contribution in [1.82, 2.24) is 10.3 Å². The van der Waals surface area contributed by atoms with Crippen LogP contribution < -0.4 is 10.2 Å². The standard InChI is InChI=1S/C15H27N3S/c1-4-6-13-14(11-16-3)19-15(17-13)18-9-5-7-12(2)8-10-18/h12,16H,4-11H2,1-3H3. The van der Waals surface area contributed by atoms with Crippen molar-refractivity contribution in [2.24, 2.45) is 5.92 Å². The van der Waals surface area contributed by atoms with Crippen molar-refractivity contribution in [3.05, 3.63) is 10.6 Å². The van der Waals surface area contributed by atoms with Crippen LogP contribution in [0.15, 0.2) is 0 Å². The van der Waals surface area contributed by atoms with E-state index in [0.717, 1.165) is 18.9 Å². The molecule has 1 unspecified atom stereocenters. The number of anilines is 1. The number of nitrogens with one attached hydrogen (secondary N) is 1. The lowest BCUT2D eigenvalue weighted by Gasteiger charge is -2.18. The Kier molecular flexibility index (Phi) is 5.64. The van der Waals surface area contributed by atoms with Crippen molar-refractivity contribution >= 4 is 16.5 Å². The fourth-order valence-electron chi connectivity index (χ4n) is 2.69. The molecule has 2 rings (SSSR count). The molecule has 2 heterocycles. The second kappa shape index (κ2) is 7.25. The maximum Gasteiger partial charge on any atom is 0.185 e. The Hall–Kier alpha value is -0.610. The molecule has 1 saturated heterocycles. The predicted molar refractivity (Wildman–Crippen MR) is 84.1 cm³/mol. The van der Waals surface area contributed by atoms with Gasteiger partial charge in [0, 0.05) is 24.5 Å². The zero-order valence-electron chi connectivity index (χ0n) is 12.5. The van der Waals surface area contributed by atoms with E-state index in [9.17, 15) is 0 Å². The lowest BCUT2D eigenvalue weighted by atomic mass is 10.0. The number of thiazole rings is 1. The molecule has 0 aromatic carbocycles. The summed E-state index contributed by atoms with van der Waals surface area (Å²) in [5.74, 6) is 0.872. The number of hydrogen-bond donors (Lipinski definition) is 1. The van der Waals surface area contributed by atoms with Gasteiger partial charge >= 0.3 is 0 Å². The van der Waals surface area contributed by atoms with Crippen LogP contribution in [-0.2, 0) is 13.0 Å². The monoisotopic (exact) mass is 281 g/mol. The normalized spacial score (nSPS) is 20.6. The van der Waals surface area contributed by atoms with Gasteiger partial charge in [0.25, 0.3) is 0 Å². The average molecular weight is 281 g/mol. The van der Waals surface area contributed by atoms with Gasteiger partial charge in [-0.3, -0.25) is 0 Å². The van der Waals surface area contributed by atoms with Gasteiger partial charge in [-0.2, -0.15) is 0 Å². The van der Waals surface area contributed by atoms with Crippen molar-refractivity contribution < 1.29 is 0 Å². The van der Waals surface area contributed by atoms with Gasteiger partial charge in [-0.1, -0.05) is 20.3 Å². The molecule has 108 valence electrons. The number of rotatable bonds is 5. The molecule has 1 fully saturated rings. The van der Waals surface area contributed by atoms with Crippen molar-refractivity contribution in [2.45, 2.75) is 52.5 Å². The Labute approximate surface area is 121 Å². The van der Waals surface area contributed by atoms with E-state index in [0.29, 0.717) is 0 Å². The van der Waals surface area contributed by atoms with E-state index in [1.54, 1.807) is 0 Å². The molecule has 0 amide bonds. The smallest absolute Gasteiger partial charge is 0.185 e. The van der Waals surface area contributed by atoms with Gasteiger partial charge in [0.05, 0.1) is 5.69 Å². The Balaban J connectivity index is 2.12. The Morgan fingerprint density at radius 2 is 2.21 bits per heavy atom. The highest BCUT2D eigenvalue weighted by molar-refractivity contribution is 7.15. The molecular formula is C15H27N3S. The van der Waals surface area contributed by atoms with Gasteiger partial charge in [0.1, 0.15) is 0 Å². The second-order valence-electron chi connectivity index (χ2n) is 5.67. The van der Waals surface area contributed by atoms with Gasteiger partial charge < -0.3 is 10.2 Å². The SMILES string of the molecule is CCCc1nc(N2CCCC(C)CC2)sc1CNC. The quantitative estimate of drug-likeness (QED) is 0.896. The summed E-state index contributed by atoms with van der Waals surface area (Å²) in [7, 11) is 2.02. The van der Waals surface area contributed by atoms with Crippen LogP contribution in [0.2, 0.25) is 0 Å². The van der Waals surface area contributed by atoms with E-state index < -0.39 is 0 Å². The summed E-state index contributed by atoms with van der Waals surface area (Å²) in [4.78, 5) is 8.85. The molecular weight excluding hydrogens is 254 g/mol. The van der Waals surface area contributed by atoms with Crippen molar-refractivity contribution in [2.75, 3.05) is 25.0 Å². The minimum absolute atomic E-state index is 0.872. The first-order chi connectivity index (χ1) is 9.24. The molecule has 1 atom stereocenters. The molecule has 1 aromatic heterocycles. The third-order valence-corrected chi connectivity index (χ3v) is 5.04. The van der Waals surface area contributed by atoms with Crippen LogP contribution in [-0.4, -0.2) is 25.1 Å². The van der Waals surface area contributed by atoms with E-state index in [1.165, 1.54) is 54.5 Å². The van der Waals surface area contributed by atoms with Gasteiger partial charge in [0.15, 0.2) is 5.13 Å². The van der Waals surface area contributed by atoms with E-state index in [1.807, 2.05) is 18.4 Å². The maximum absolute atomic E-state index is 4.91. The van der Waals surface area contributed by atoms with Gasteiger partial charge in [-0.15, -0.1) is 11.3 Å². The van der Waals surface area contributed by atoms with Crippen molar-refractivity contribution in [1.29, 1.82) is 0 Å². The van der Waals surface area contributed by atoms with Crippen LogP contribution >= 0.6 is 11.3 Å². The van der Waals surface area contributed by atoms with Crippen LogP contribution in [0.5, 0.6) is 0 Å². The molecule has 1 aromatic rings. The molecule has 0 radical (unpaired) electrons. The molecule has 0 bridgehead atoms. The highest BCUT2D eigenvalue weighted by Gasteiger charge is 2.18. The molecule has 0 spiro atoms. The summed E-state index contributed by atoms with van der Waals surface area (Å²) in [6, 6.07) is 0. The molecule has 4 heteroatoms. The lowest BCUT2D eigenvalue weighted by Crippen LogP contribution is -2.23. The summed E-state index contributed by atoms with van der Waals surface area (Å²) in [5, 5.41) is 4.52. The first kappa shape index (κ1) is 14.8. The first-order valence-electron chi connectivity index (χ1n) is 7.62. The summed E-state index contributed by atoms with van der Waals surface area (Å²) in [6.45, 7) is 7.93. The van der Waals surface area contributed by atoms with Gasteiger partial charge in [-0.05, 0) is 38.6 Å². The van der Waals surface area contributed by atoms with Crippen LogP contribution in [0.1, 0.15) is 50.1 Å². The number of hydrogen-bond acceptors (Lipinski definition) is 4. The number of aryl methyl sites for hydroxylation is 1. The molecule has 19 heavy (non-hydrogen) atoms. The minimum atomic E-state index is 0.872. The van der Waals surface area contributed by atoms with Gasteiger partial charge in [-0.25, -0.2) is 4.98 Å². The third kappa shape index (κ3) is 3.93. The number of nitrogens with zero attached hydrogens (tertiary/aromatic N) is 2. The molecule has 1 aliphatic rings. The van der Waals surface area contributed by atoms with Crippen LogP contribution in [0, 0.1) is 5.92 Å². The molecule has 0 aliphatic carbocycles. The largest absolute Gasteiger partial charge is 0.348 e. The topological polar surface area (TPSA) is 28.2 Å². The predicted octanol–water partition coefficient (Wildman–Crippen LogP) is 3.44. The first-order valence-corrected chi connectivity index (χ1v) is 8.44.